The highest BCUT2D eigenvalue weighted by molar-refractivity contribution is 6.33. The number of anilines is 2. The van der Waals surface area contributed by atoms with Crippen molar-refractivity contribution in [3.05, 3.63) is 63.2 Å². The van der Waals surface area contributed by atoms with Crippen LogP contribution in [0.4, 0.5) is 17.1 Å². The topological polar surface area (TPSA) is 111 Å². The van der Waals surface area contributed by atoms with Crippen LogP contribution < -0.4 is 10.6 Å². The van der Waals surface area contributed by atoms with E-state index in [0.29, 0.717) is 29.4 Å². The van der Waals surface area contributed by atoms with E-state index >= 15 is 0 Å². The lowest BCUT2D eigenvalue weighted by Crippen LogP contribution is -2.21. The molecule has 0 saturated carbocycles. The molecule has 9 heteroatoms. The maximum atomic E-state index is 11.8. The number of para-hydroxylation sites is 2. The lowest BCUT2D eigenvalue weighted by atomic mass is 10.2. The summed E-state index contributed by atoms with van der Waals surface area (Å²) in [6, 6.07) is 11.4. The van der Waals surface area contributed by atoms with Crippen LogP contribution >= 0.6 is 11.6 Å². The largest absolute Gasteiger partial charge is 0.456 e. The van der Waals surface area contributed by atoms with E-state index in [1.54, 1.807) is 36.4 Å². The van der Waals surface area contributed by atoms with Crippen LogP contribution in [0.25, 0.3) is 0 Å². The van der Waals surface area contributed by atoms with Gasteiger partial charge in [-0.05, 0) is 37.1 Å². The molecule has 1 amide bonds. The van der Waals surface area contributed by atoms with Crippen molar-refractivity contribution in [1.82, 2.24) is 0 Å². The van der Waals surface area contributed by atoms with E-state index in [0.717, 1.165) is 5.56 Å². The zero-order valence-corrected chi connectivity index (χ0v) is 16.0. The van der Waals surface area contributed by atoms with Gasteiger partial charge in [0.15, 0.2) is 6.61 Å². The number of rotatable bonds is 9. The Bertz CT molecular complexity index is 872. The van der Waals surface area contributed by atoms with Gasteiger partial charge in [-0.25, -0.2) is 0 Å². The van der Waals surface area contributed by atoms with Crippen LogP contribution in [0.15, 0.2) is 42.5 Å². The number of nitrogens with one attached hydrogen (secondary N) is 2. The number of hydrogen-bond donors (Lipinski definition) is 2. The molecule has 0 aromatic heterocycles. The molecule has 0 aliphatic rings. The molecule has 0 unspecified atom stereocenters. The number of esters is 1. The summed E-state index contributed by atoms with van der Waals surface area (Å²) in [5, 5.41) is 16.8. The standard InChI is InChI=1S/C19H20ClN3O5/c1-13-8-9-15(14(20)11-13)22-18(24)12-28-19(25)7-4-10-21-16-5-2-3-6-17(16)23(26)27/h2-3,5-6,8-9,11,21H,4,7,10,12H2,1H3,(H,22,24). The summed E-state index contributed by atoms with van der Waals surface area (Å²) in [6.45, 7) is 1.82. The van der Waals surface area contributed by atoms with Gasteiger partial charge in [0, 0.05) is 19.0 Å². The highest BCUT2D eigenvalue weighted by Crippen LogP contribution is 2.23. The number of ether oxygens (including phenoxy) is 1. The number of nitro groups is 1. The van der Waals surface area contributed by atoms with E-state index in [1.807, 2.05) is 6.92 Å². The molecule has 0 radical (unpaired) electrons. The Morgan fingerprint density at radius 1 is 1.18 bits per heavy atom. The van der Waals surface area contributed by atoms with Crippen molar-refractivity contribution in [3.8, 4) is 0 Å². The van der Waals surface area contributed by atoms with Gasteiger partial charge < -0.3 is 15.4 Å². The first-order chi connectivity index (χ1) is 13.4. The Balaban J connectivity index is 1.69. The van der Waals surface area contributed by atoms with Crippen molar-refractivity contribution in [3.63, 3.8) is 0 Å². The van der Waals surface area contributed by atoms with E-state index in [2.05, 4.69) is 10.6 Å². The zero-order chi connectivity index (χ0) is 20.5. The molecular weight excluding hydrogens is 386 g/mol. The van der Waals surface area contributed by atoms with Crippen molar-refractivity contribution < 1.29 is 19.2 Å². The second-order valence-electron chi connectivity index (χ2n) is 6.00. The summed E-state index contributed by atoms with van der Waals surface area (Å²) in [4.78, 5) is 34.0. The number of halogens is 1. The number of aryl methyl sites for hydroxylation is 1. The van der Waals surface area contributed by atoms with Crippen LogP contribution in [0.2, 0.25) is 5.02 Å². The van der Waals surface area contributed by atoms with Gasteiger partial charge in [-0.3, -0.25) is 19.7 Å². The van der Waals surface area contributed by atoms with Crippen molar-refractivity contribution in [1.29, 1.82) is 0 Å². The molecule has 8 nitrogen and oxygen atoms in total. The molecule has 0 bridgehead atoms. The van der Waals surface area contributed by atoms with Crippen molar-refractivity contribution >= 4 is 40.5 Å². The van der Waals surface area contributed by atoms with Crippen LogP contribution in [0.5, 0.6) is 0 Å². The monoisotopic (exact) mass is 405 g/mol. The van der Waals surface area contributed by atoms with Crippen LogP contribution in [-0.2, 0) is 14.3 Å². The normalized spacial score (nSPS) is 10.2. The van der Waals surface area contributed by atoms with Crippen LogP contribution in [0.3, 0.4) is 0 Å². The lowest BCUT2D eigenvalue weighted by Gasteiger charge is -2.09. The number of nitro benzene ring substituents is 1. The van der Waals surface area contributed by atoms with Crippen molar-refractivity contribution in [2.45, 2.75) is 19.8 Å². The second kappa shape index (κ2) is 10.3. The fourth-order valence-corrected chi connectivity index (χ4v) is 2.65. The number of nitrogens with zero attached hydrogens (tertiary/aromatic N) is 1. The third kappa shape index (κ3) is 6.55. The molecule has 2 rings (SSSR count). The minimum Gasteiger partial charge on any atom is -0.456 e. The third-order valence-electron chi connectivity index (χ3n) is 3.74. The SMILES string of the molecule is Cc1ccc(NC(=O)COC(=O)CCCNc2ccccc2[N+](=O)[O-])c(Cl)c1. The highest BCUT2D eigenvalue weighted by atomic mass is 35.5. The Labute approximate surface area is 167 Å². The molecule has 0 heterocycles. The van der Waals surface area contributed by atoms with E-state index in [9.17, 15) is 19.7 Å². The summed E-state index contributed by atoms with van der Waals surface area (Å²) in [5.41, 5.74) is 1.76. The first kappa shape index (κ1) is 21.2. The molecule has 28 heavy (non-hydrogen) atoms. The number of carbonyl (C=O) groups excluding carboxylic acids is 2. The summed E-state index contributed by atoms with van der Waals surface area (Å²) >= 11 is 6.03. The summed E-state index contributed by atoms with van der Waals surface area (Å²) in [7, 11) is 0. The van der Waals surface area contributed by atoms with E-state index < -0.39 is 23.4 Å². The lowest BCUT2D eigenvalue weighted by molar-refractivity contribution is -0.384. The van der Waals surface area contributed by atoms with Gasteiger partial charge in [0.2, 0.25) is 0 Å². The van der Waals surface area contributed by atoms with Crippen molar-refractivity contribution in [2.24, 2.45) is 0 Å². The fraction of sp³-hybridized carbons (Fsp3) is 0.263. The Morgan fingerprint density at radius 2 is 1.93 bits per heavy atom. The Morgan fingerprint density at radius 3 is 2.64 bits per heavy atom. The Hall–Kier alpha value is -3.13. The number of benzene rings is 2. The number of amides is 1. The molecule has 2 N–H and O–H groups in total. The number of hydrogen-bond acceptors (Lipinski definition) is 6. The molecule has 0 atom stereocenters. The maximum absolute atomic E-state index is 11.8. The Kier molecular flexibility index (Phi) is 7.76. The average Bonchev–Trinajstić information content (AvgIpc) is 2.66. The molecule has 2 aromatic carbocycles. The minimum atomic E-state index is -0.533. The zero-order valence-electron chi connectivity index (χ0n) is 15.2. The second-order valence-corrected chi connectivity index (χ2v) is 6.40. The van der Waals surface area contributed by atoms with Crippen LogP contribution in [-0.4, -0.2) is 30.0 Å². The van der Waals surface area contributed by atoms with E-state index in [-0.39, 0.29) is 12.1 Å². The molecule has 0 saturated heterocycles. The van der Waals surface area contributed by atoms with Gasteiger partial charge in [-0.15, -0.1) is 0 Å². The van der Waals surface area contributed by atoms with Gasteiger partial charge in [0.1, 0.15) is 5.69 Å². The summed E-state index contributed by atoms with van der Waals surface area (Å²) in [6.07, 6.45) is 0.475. The van der Waals surface area contributed by atoms with E-state index in [1.165, 1.54) is 6.07 Å². The fourth-order valence-electron chi connectivity index (χ4n) is 2.36. The van der Waals surface area contributed by atoms with Gasteiger partial charge in [-0.2, -0.15) is 0 Å². The van der Waals surface area contributed by atoms with Gasteiger partial charge in [0.25, 0.3) is 11.6 Å². The first-order valence-electron chi connectivity index (χ1n) is 8.55. The number of carbonyl (C=O) groups is 2. The molecule has 0 spiro atoms. The molecule has 148 valence electrons. The van der Waals surface area contributed by atoms with Gasteiger partial charge >= 0.3 is 5.97 Å². The quantitative estimate of drug-likeness (QED) is 0.283. The van der Waals surface area contributed by atoms with Crippen LogP contribution in [0.1, 0.15) is 18.4 Å². The molecule has 0 aliphatic heterocycles. The molecule has 0 aliphatic carbocycles. The smallest absolute Gasteiger partial charge is 0.306 e. The molecule has 2 aromatic rings. The highest BCUT2D eigenvalue weighted by Gasteiger charge is 2.12. The van der Waals surface area contributed by atoms with Crippen molar-refractivity contribution in [2.75, 3.05) is 23.8 Å². The van der Waals surface area contributed by atoms with Gasteiger partial charge in [0.05, 0.1) is 15.6 Å². The molecular formula is C19H20ClN3O5. The third-order valence-corrected chi connectivity index (χ3v) is 4.05. The van der Waals surface area contributed by atoms with Gasteiger partial charge in [-0.1, -0.05) is 29.8 Å². The first-order valence-corrected chi connectivity index (χ1v) is 8.93. The summed E-state index contributed by atoms with van der Waals surface area (Å²) < 4.78 is 4.92. The summed E-state index contributed by atoms with van der Waals surface area (Å²) in [5.74, 6) is -1.02. The minimum absolute atomic E-state index is 0.0310. The maximum Gasteiger partial charge on any atom is 0.306 e. The van der Waals surface area contributed by atoms with Crippen LogP contribution in [0, 0.1) is 17.0 Å². The predicted octanol–water partition coefficient (Wildman–Crippen LogP) is 3.93. The average molecular weight is 406 g/mol. The van der Waals surface area contributed by atoms with E-state index in [4.69, 9.17) is 16.3 Å². The molecule has 0 fully saturated rings. The predicted molar refractivity (Wildman–Crippen MR) is 107 cm³/mol.